The fourth-order valence-corrected chi connectivity index (χ4v) is 4.96. The summed E-state index contributed by atoms with van der Waals surface area (Å²) in [6.07, 6.45) is 1.09. The molecule has 182 valence electrons. The number of nitriles is 2. The minimum absolute atomic E-state index is 0.0695. The normalized spacial score (nSPS) is 10.4. The zero-order chi connectivity index (χ0) is 26.2. The van der Waals surface area contributed by atoms with Crippen LogP contribution < -0.4 is 10.6 Å². The standard InChI is InChI=1S/C30H25N5OS/c1-2-21-13-15-22(16-14-21)28-25(19-31)29(33)34-30(26(28)20-32)37-18-17-27(36)35(23-9-5-3-6-10-23)24-11-7-4-8-12-24/h3-16H,2,17-18H2,1H3,(H2,33,34). The van der Waals surface area contributed by atoms with Crippen LogP contribution >= 0.6 is 11.8 Å². The molecule has 6 nitrogen and oxygen atoms in total. The molecule has 4 aromatic rings. The Balaban J connectivity index is 1.61. The molecule has 1 aromatic heterocycles. The monoisotopic (exact) mass is 503 g/mol. The first-order valence-corrected chi connectivity index (χ1v) is 12.8. The summed E-state index contributed by atoms with van der Waals surface area (Å²) in [6, 6.07) is 31.0. The summed E-state index contributed by atoms with van der Waals surface area (Å²) >= 11 is 1.29. The van der Waals surface area contributed by atoms with Crippen LogP contribution in [0.4, 0.5) is 17.2 Å². The van der Waals surface area contributed by atoms with Gasteiger partial charge in [0.15, 0.2) is 0 Å². The number of thioether (sulfide) groups is 1. The highest BCUT2D eigenvalue weighted by atomic mass is 32.2. The molecular weight excluding hydrogens is 478 g/mol. The Labute approximate surface area is 221 Å². The Morgan fingerprint density at radius 1 is 0.892 bits per heavy atom. The van der Waals surface area contributed by atoms with E-state index in [1.54, 1.807) is 4.90 Å². The highest BCUT2D eigenvalue weighted by Crippen LogP contribution is 2.36. The number of para-hydroxylation sites is 2. The summed E-state index contributed by atoms with van der Waals surface area (Å²) in [6.45, 7) is 2.06. The van der Waals surface area contributed by atoms with Crippen molar-refractivity contribution in [2.75, 3.05) is 16.4 Å². The summed E-state index contributed by atoms with van der Waals surface area (Å²) in [7, 11) is 0. The summed E-state index contributed by atoms with van der Waals surface area (Å²) in [4.78, 5) is 19.4. The molecule has 0 aliphatic carbocycles. The number of pyridine rings is 1. The molecule has 2 N–H and O–H groups in total. The predicted molar refractivity (Wildman–Crippen MR) is 148 cm³/mol. The first kappa shape index (κ1) is 25.5. The molecule has 37 heavy (non-hydrogen) atoms. The fraction of sp³-hybridized carbons (Fsp3) is 0.133. The molecule has 0 unspecified atom stereocenters. The van der Waals surface area contributed by atoms with Crippen molar-refractivity contribution < 1.29 is 4.79 Å². The Kier molecular flexibility index (Phi) is 8.20. The zero-order valence-electron chi connectivity index (χ0n) is 20.4. The molecule has 0 fully saturated rings. The number of anilines is 3. The van der Waals surface area contributed by atoms with E-state index in [9.17, 15) is 15.3 Å². The van der Waals surface area contributed by atoms with Gasteiger partial charge in [0, 0.05) is 29.1 Å². The van der Waals surface area contributed by atoms with E-state index in [1.165, 1.54) is 11.8 Å². The maximum atomic E-state index is 13.4. The number of aromatic nitrogens is 1. The van der Waals surface area contributed by atoms with Crippen molar-refractivity contribution in [3.63, 3.8) is 0 Å². The zero-order valence-corrected chi connectivity index (χ0v) is 21.2. The van der Waals surface area contributed by atoms with Gasteiger partial charge < -0.3 is 5.73 Å². The number of nitrogen functional groups attached to an aromatic ring is 1. The Hall–Kier alpha value is -4.59. The fourth-order valence-electron chi connectivity index (χ4n) is 4.04. The third kappa shape index (κ3) is 5.64. The van der Waals surface area contributed by atoms with Gasteiger partial charge >= 0.3 is 0 Å². The van der Waals surface area contributed by atoms with Crippen molar-refractivity contribution in [2.24, 2.45) is 0 Å². The minimum Gasteiger partial charge on any atom is -0.383 e. The molecule has 0 aliphatic heterocycles. The average molecular weight is 504 g/mol. The lowest BCUT2D eigenvalue weighted by Crippen LogP contribution is -2.26. The number of nitrogens with two attached hydrogens (primary N) is 1. The van der Waals surface area contributed by atoms with Crippen molar-refractivity contribution in [2.45, 2.75) is 24.8 Å². The average Bonchev–Trinajstić information content (AvgIpc) is 2.94. The Bertz CT molecular complexity index is 1430. The molecule has 0 aliphatic rings. The lowest BCUT2D eigenvalue weighted by Gasteiger charge is -2.23. The molecule has 1 amide bonds. The summed E-state index contributed by atoms with van der Waals surface area (Å²) in [5, 5.41) is 20.2. The highest BCUT2D eigenvalue weighted by Gasteiger charge is 2.22. The van der Waals surface area contributed by atoms with Crippen LogP contribution in [0.2, 0.25) is 0 Å². The van der Waals surface area contributed by atoms with Crippen molar-refractivity contribution in [3.05, 3.63) is 102 Å². The third-order valence-electron chi connectivity index (χ3n) is 5.90. The number of benzene rings is 3. The van der Waals surface area contributed by atoms with Crippen LogP contribution in [-0.2, 0) is 11.2 Å². The van der Waals surface area contributed by atoms with E-state index in [-0.39, 0.29) is 29.3 Å². The molecule has 0 radical (unpaired) electrons. The van der Waals surface area contributed by atoms with E-state index in [1.807, 2.05) is 84.9 Å². The van der Waals surface area contributed by atoms with Gasteiger partial charge in [-0.05, 0) is 41.8 Å². The first-order chi connectivity index (χ1) is 18.1. The van der Waals surface area contributed by atoms with Crippen LogP contribution in [0.15, 0.2) is 90.0 Å². The Morgan fingerprint density at radius 3 is 1.97 bits per heavy atom. The molecule has 3 aromatic carbocycles. The van der Waals surface area contributed by atoms with E-state index < -0.39 is 0 Å². The van der Waals surface area contributed by atoms with Crippen molar-refractivity contribution in [1.29, 1.82) is 10.5 Å². The summed E-state index contributed by atoms with van der Waals surface area (Å²) in [5.41, 5.74) is 10.5. The van der Waals surface area contributed by atoms with Gasteiger partial charge in [0.25, 0.3) is 0 Å². The van der Waals surface area contributed by atoms with Crippen molar-refractivity contribution in [1.82, 2.24) is 4.98 Å². The lowest BCUT2D eigenvalue weighted by atomic mass is 9.96. The van der Waals surface area contributed by atoms with E-state index in [4.69, 9.17) is 5.73 Å². The quantitative estimate of drug-likeness (QED) is 0.276. The van der Waals surface area contributed by atoms with Crippen LogP contribution in [-0.4, -0.2) is 16.6 Å². The third-order valence-corrected chi connectivity index (χ3v) is 6.88. The number of hydrogen-bond acceptors (Lipinski definition) is 6. The minimum atomic E-state index is -0.0830. The number of carbonyl (C=O) groups excluding carboxylic acids is 1. The van der Waals surface area contributed by atoms with Gasteiger partial charge in [0.2, 0.25) is 5.91 Å². The van der Waals surface area contributed by atoms with Gasteiger partial charge in [-0.25, -0.2) is 4.98 Å². The topological polar surface area (TPSA) is 107 Å². The molecule has 0 saturated carbocycles. The van der Waals surface area contributed by atoms with Gasteiger partial charge in [0.05, 0.1) is 5.56 Å². The maximum absolute atomic E-state index is 13.4. The van der Waals surface area contributed by atoms with E-state index in [0.717, 1.165) is 28.9 Å². The molecule has 7 heteroatoms. The van der Waals surface area contributed by atoms with Crippen LogP contribution in [0.1, 0.15) is 30.0 Å². The smallest absolute Gasteiger partial charge is 0.232 e. The number of amides is 1. The number of hydrogen-bond donors (Lipinski definition) is 1. The van der Waals surface area contributed by atoms with Crippen LogP contribution in [0.5, 0.6) is 0 Å². The molecule has 1 heterocycles. The molecular formula is C30H25N5OS. The van der Waals surface area contributed by atoms with E-state index >= 15 is 0 Å². The molecule has 0 bridgehead atoms. The van der Waals surface area contributed by atoms with Gasteiger partial charge in [-0.2, -0.15) is 10.5 Å². The lowest BCUT2D eigenvalue weighted by molar-refractivity contribution is -0.117. The van der Waals surface area contributed by atoms with Gasteiger partial charge in [0.1, 0.15) is 28.5 Å². The number of nitrogens with zero attached hydrogens (tertiary/aromatic N) is 4. The van der Waals surface area contributed by atoms with E-state index in [0.29, 0.717) is 16.3 Å². The Morgan fingerprint density at radius 2 is 1.46 bits per heavy atom. The van der Waals surface area contributed by atoms with Crippen LogP contribution in [0.3, 0.4) is 0 Å². The number of rotatable bonds is 8. The number of aryl methyl sites for hydroxylation is 1. The predicted octanol–water partition coefficient (Wildman–Crippen LogP) is 6.48. The summed E-state index contributed by atoms with van der Waals surface area (Å²) in [5.74, 6) is 0.372. The summed E-state index contributed by atoms with van der Waals surface area (Å²) < 4.78 is 0. The van der Waals surface area contributed by atoms with Crippen LogP contribution in [0, 0.1) is 22.7 Å². The highest BCUT2D eigenvalue weighted by molar-refractivity contribution is 7.99. The molecule has 0 atom stereocenters. The molecule has 4 rings (SSSR count). The second-order valence-corrected chi connectivity index (χ2v) is 9.28. The SMILES string of the molecule is CCc1ccc(-c2c(C#N)c(N)nc(SCCC(=O)N(c3ccccc3)c3ccccc3)c2C#N)cc1. The second-order valence-electron chi connectivity index (χ2n) is 8.20. The van der Waals surface area contributed by atoms with E-state index in [2.05, 4.69) is 24.0 Å². The molecule has 0 saturated heterocycles. The maximum Gasteiger partial charge on any atom is 0.232 e. The van der Waals surface area contributed by atoms with Crippen molar-refractivity contribution in [3.8, 4) is 23.3 Å². The van der Waals surface area contributed by atoms with Gasteiger partial charge in [-0.3, -0.25) is 9.69 Å². The van der Waals surface area contributed by atoms with Gasteiger partial charge in [-0.15, -0.1) is 11.8 Å². The van der Waals surface area contributed by atoms with Gasteiger partial charge in [-0.1, -0.05) is 67.6 Å². The molecule has 0 spiro atoms. The van der Waals surface area contributed by atoms with Crippen molar-refractivity contribution >= 4 is 34.9 Å². The first-order valence-electron chi connectivity index (χ1n) is 11.9. The van der Waals surface area contributed by atoms with Crippen LogP contribution in [0.25, 0.3) is 11.1 Å². The largest absolute Gasteiger partial charge is 0.383 e. The number of carbonyl (C=O) groups is 1. The second kappa shape index (κ2) is 11.9.